The summed E-state index contributed by atoms with van der Waals surface area (Å²) in [6.07, 6.45) is 7.20. The van der Waals surface area contributed by atoms with Gasteiger partial charge in [-0.25, -0.2) is 4.79 Å². The molecule has 1 amide bonds. The summed E-state index contributed by atoms with van der Waals surface area (Å²) in [6.45, 7) is 21.6. The van der Waals surface area contributed by atoms with Crippen LogP contribution in [0.4, 0.5) is 4.79 Å². The van der Waals surface area contributed by atoms with E-state index in [9.17, 15) is 4.79 Å². The van der Waals surface area contributed by atoms with E-state index in [0.717, 1.165) is 19.5 Å². The average molecular weight is 363 g/mol. The molecule has 0 aliphatic carbocycles. The Morgan fingerprint density at radius 3 is 2.12 bits per heavy atom. The Morgan fingerprint density at radius 1 is 1.12 bits per heavy atom. The molecule has 1 fully saturated rings. The van der Waals surface area contributed by atoms with E-state index in [1.54, 1.807) is 0 Å². The van der Waals surface area contributed by atoms with Gasteiger partial charge < -0.3 is 9.64 Å². The number of nitrogens with zero attached hydrogens (tertiary/aromatic N) is 2. The first-order valence-corrected chi connectivity index (χ1v) is 9.73. The maximum atomic E-state index is 12.3. The quantitative estimate of drug-likeness (QED) is 0.621. The molecule has 0 aromatic heterocycles. The van der Waals surface area contributed by atoms with Crippen LogP contribution < -0.4 is 0 Å². The Balaban J connectivity index is 2.83. The standard InChI is InChI=1S/C22H38N2O2/c1-9-19(11-10-17(2)3)20(16-18(4)5)23-12-14-24(15-13-23)21(25)26-22(6,7)8/h9-11,18,20H,1,12-16H2,2-8H3/b19-11+. The van der Waals surface area contributed by atoms with Crippen LogP contribution in [0.3, 0.4) is 0 Å². The van der Waals surface area contributed by atoms with Gasteiger partial charge in [0.05, 0.1) is 0 Å². The third-order valence-electron chi connectivity index (χ3n) is 4.33. The molecule has 1 atom stereocenters. The van der Waals surface area contributed by atoms with Gasteiger partial charge in [-0.05, 0) is 52.5 Å². The lowest BCUT2D eigenvalue weighted by Crippen LogP contribution is -2.53. The third-order valence-corrected chi connectivity index (χ3v) is 4.33. The van der Waals surface area contributed by atoms with E-state index in [2.05, 4.69) is 51.3 Å². The number of carbonyl (C=O) groups is 1. The van der Waals surface area contributed by atoms with Gasteiger partial charge in [0.1, 0.15) is 5.60 Å². The molecule has 0 N–H and O–H groups in total. The summed E-state index contributed by atoms with van der Waals surface area (Å²) < 4.78 is 5.50. The van der Waals surface area contributed by atoms with E-state index < -0.39 is 5.60 Å². The molecule has 0 aromatic carbocycles. The average Bonchev–Trinajstić information content (AvgIpc) is 2.52. The molecule has 0 saturated carbocycles. The molecule has 26 heavy (non-hydrogen) atoms. The molecule has 1 rings (SSSR count). The molecule has 1 unspecified atom stereocenters. The molecule has 1 aliphatic rings. The number of carbonyl (C=O) groups excluding carboxylic acids is 1. The minimum absolute atomic E-state index is 0.207. The van der Waals surface area contributed by atoms with Crippen LogP contribution in [0, 0.1) is 5.92 Å². The van der Waals surface area contributed by atoms with Gasteiger partial charge in [0.2, 0.25) is 0 Å². The van der Waals surface area contributed by atoms with Crippen LogP contribution in [0.15, 0.2) is 36.0 Å². The van der Waals surface area contributed by atoms with Crippen molar-refractivity contribution in [1.29, 1.82) is 0 Å². The predicted octanol–water partition coefficient (Wildman–Crippen LogP) is 5.03. The Kier molecular flexibility index (Phi) is 8.61. The predicted molar refractivity (Wildman–Crippen MR) is 110 cm³/mol. The lowest BCUT2D eigenvalue weighted by molar-refractivity contribution is 0.0112. The highest BCUT2D eigenvalue weighted by Crippen LogP contribution is 2.23. The first kappa shape index (κ1) is 22.5. The Bertz CT molecular complexity index is 529. The van der Waals surface area contributed by atoms with Crippen molar-refractivity contribution in [2.45, 2.75) is 66.5 Å². The molecule has 0 spiro atoms. The lowest BCUT2D eigenvalue weighted by Gasteiger charge is -2.40. The highest BCUT2D eigenvalue weighted by atomic mass is 16.6. The van der Waals surface area contributed by atoms with Crippen molar-refractivity contribution in [3.8, 4) is 0 Å². The normalized spacial score (nSPS) is 17.8. The Morgan fingerprint density at radius 2 is 1.69 bits per heavy atom. The van der Waals surface area contributed by atoms with Crippen LogP contribution in [-0.2, 0) is 4.74 Å². The van der Waals surface area contributed by atoms with E-state index >= 15 is 0 Å². The number of hydrogen-bond acceptors (Lipinski definition) is 3. The summed E-state index contributed by atoms with van der Waals surface area (Å²) in [5.41, 5.74) is 2.09. The number of hydrogen-bond donors (Lipinski definition) is 0. The summed E-state index contributed by atoms with van der Waals surface area (Å²) in [5.74, 6) is 0.596. The summed E-state index contributed by atoms with van der Waals surface area (Å²) in [7, 11) is 0. The van der Waals surface area contributed by atoms with Gasteiger partial charge in [-0.2, -0.15) is 0 Å². The first-order chi connectivity index (χ1) is 12.0. The number of allylic oxidation sites excluding steroid dienone is 3. The zero-order valence-corrected chi connectivity index (χ0v) is 17.8. The van der Waals surface area contributed by atoms with E-state index in [-0.39, 0.29) is 6.09 Å². The molecule has 4 heteroatoms. The van der Waals surface area contributed by atoms with Crippen LogP contribution in [0.1, 0.15) is 54.9 Å². The van der Waals surface area contributed by atoms with Gasteiger partial charge in [-0.3, -0.25) is 4.90 Å². The largest absolute Gasteiger partial charge is 0.444 e. The van der Waals surface area contributed by atoms with Gasteiger partial charge >= 0.3 is 6.09 Å². The van der Waals surface area contributed by atoms with Crippen molar-refractivity contribution >= 4 is 6.09 Å². The van der Waals surface area contributed by atoms with Crippen molar-refractivity contribution < 1.29 is 9.53 Å². The zero-order valence-electron chi connectivity index (χ0n) is 17.8. The van der Waals surface area contributed by atoms with Gasteiger partial charge in [-0.1, -0.05) is 44.2 Å². The van der Waals surface area contributed by atoms with Gasteiger partial charge in [0.15, 0.2) is 0 Å². The van der Waals surface area contributed by atoms with Crippen molar-refractivity contribution in [1.82, 2.24) is 9.80 Å². The Hall–Kier alpha value is -1.55. The molecular weight excluding hydrogens is 324 g/mol. The van der Waals surface area contributed by atoms with Gasteiger partial charge in [0.25, 0.3) is 0 Å². The van der Waals surface area contributed by atoms with Crippen molar-refractivity contribution in [2.75, 3.05) is 26.2 Å². The van der Waals surface area contributed by atoms with Crippen LogP contribution in [-0.4, -0.2) is 53.7 Å². The summed E-state index contributed by atoms with van der Waals surface area (Å²) in [4.78, 5) is 16.6. The number of rotatable bonds is 6. The van der Waals surface area contributed by atoms with Crippen LogP contribution in [0.2, 0.25) is 0 Å². The molecule has 1 saturated heterocycles. The smallest absolute Gasteiger partial charge is 0.410 e. The SMILES string of the molecule is C=C/C(=C\C=C(C)C)C(CC(C)C)N1CCN(C(=O)OC(C)(C)C)CC1. The number of piperazine rings is 1. The zero-order chi connectivity index (χ0) is 19.9. The van der Waals surface area contributed by atoms with Crippen LogP contribution in [0.5, 0.6) is 0 Å². The minimum Gasteiger partial charge on any atom is -0.444 e. The minimum atomic E-state index is -0.447. The molecule has 1 heterocycles. The third kappa shape index (κ3) is 7.77. The molecule has 1 aliphatic heterocycles. The lowest BCUT2D eigenvalue weighted by atomic mass is 9.94. The first-order valence-electron chi connectivity index (χ1n) is 9.73. The summed E-state index contributed by atoms with van der Waals surface area (Å²) in [6, 6.07) is 0.337. The fraction of sp³-hybridized carbons (Fsp3) is 0.682. The fourth-order valence-corrected chi connectivity index (χ4v) is 3.06. The van der Waals surface area contributed by atoms with E-state index in [1.807, 2.05) is 31.7 Å². The number of ether oxygens (including phenoxy) is 1. The van der Waals surface area contributed by atoms with Crippen molar-refractivity contribution in [3.63, 3.8) is 0 Å². The van der Waals surface area contributed by atoms with E-state index in [0.29, 0.717) is 25.0 Å². The van der Waals surface area contributed by atoms with Gasteiger partial charge in [0, 0.05) is 32.2 Å². The maximum absolute atomic E-state index is 12.3. The fourth-order valence-electron chi connectivity index (χ4n) is 3.06. The number of amides is 1. The molecule has 4 nitrogen and oxygen atoms in total. The van der Waals surface area contributed by atoms with Crippen molar-refractivity contribution in [2.24, 2.45) is 5.92 Å². The van der Waals surface area contributed by atoms with Crippen LogP contribution in [0.25, 0.3) is 0 Å². The monoisotopic (exact) mass is 362 g/mol. The van der Waals surface area contributed by atoms with Crippen LogP contribution >= 0.6 is 0 Å². The molecule has 148 valence electrons. The second-order valence-corrected chi connectivity index (χ2v) is 8.76. The summed E-state index contributed by atoms with van der Waals surface area (Å²) >= 11 is 0. The second-order valence-electron chi connectivity index (χ2n) is 8.76. The van der Waals surface area contributed by atoms with Gasteiger partial charge in [-0.15, -0.1) is 0 Å². The molecule has 0 aromatic rings. The Labute approximate surface area is 160 Å². The maximum Gasteiger partial charge on any atom is 0.410 e. The highest BCUT2D eigenvalue weighted by molar-refractivity contribution is 5.68. The van der Waals surface area contributed by atoms with E-state index in [4.69, 9.17) is 4.74 Å². The molecule has 0 radical (unpaired) electrons. The van der Waals surface area contributed by atoms with E-state index in [1.165, 1.54) is 11.1 Å². The molecular formula is C22H38N2O2. The molecule has 0 bridgehead atoms. The van der Waals surface area contributed by atoms with Crippen molar-refractivity contribution in [3.05, 3.63) is 36.0 Å². The second kappa shape index (κ2) is 9.96. The highest BCUT2D eigenvalue weighted by Gasteiger charge is 2.29. The topological polar surface area (TPSA) is 32.8 Å². The summed E-state index contributed by atoms with van der Waals surface area (Å²) in [5, 5.41) is 0.